The van der Waals surface area contributed by atoms with Crippen molar-refractivity contribution in [2.24, 2.45) is 0 Å². The molecule has 4 nitrogen and oxygen atoms in total. The first kappa shape index (κ1) is 16.7. The Bertz CT molecular complexity index is 582. The van der Waals surface area contributed by atoms with Gasteiger partial charge in [0.15, 0.2) is 0 Å². The predicted octanol–water partition coefficient (Wildman–Crippen LogP) is 3.57. The van der Waals surface area contributed by atoms with Gasteiger partial charge in [-0.15, -0.1) is 0 Å². The minimum absolute atomic E-state index is 0.0836. The van der Waals surface area contributed by atoms with Crippen LogP contribution in [0.1, 0.15) is 30.6 Å². The first-order chi connectivity index (χ1) is 10.2. The Hall–Kier alpha value is -2.36. The van der Waals surface area contributed by atoms with Crippen LogP contribution in [-0.4, -0.2) is 25.0 Å². The lowest BCUT2D eigenvalue weighted by molar-refractivity contribution is 0.0963. The van der Waals surface area contributed by atoms with Crippen molar-refractivity contribution in [3.05, 3.63) is 48.2 Å². The van der Waals surface area contributed by atoms with Crippen molar-refractivity contribution in [2.45, 2.75) is 20.3 Å². The lowest BCUT2D eigenvalue weighted by Gasteiger charge is -2.06. The van der Waals surface area contributed by atoms with Crippen LogP contribution < -0.4 is 10.6 Å². The molecule has 1 heterocycles. The van der Waals surface area contributed by atoms with Gasteiger partial charge in [-0.05, 0) is 35.4 Å². The molecule has 0 radical (unpaired) electrons. The van der Waals surface area contributed by atoms with Crippen LogP contribution in [0.3, 0.4) is 0 Å². The fraction of sp³-hybridized carbons (Fsp3) is 0.294. The Morgan fingerprint density at radius 1 is 1.10 bits per heavy atom. The lowest BCUT2D eigenvalue weighted by atomic mass is 10.0. The van der Waals surface area contributed by atoms with Gasteiger partial charge in [0, 0.05) is 25.9 Å². The van der Waals surface area contributed by atoms with Crippen LogP contribution in [0.15, 0.2) is 42.6 Å². The van der Waals surface area contributed by atoms with Crippen LogP contribution in [0.4, 0.5) is 5.82 Å². The highest BCUT2D eigenvalue weighted by molar-refractivity contribution is 5.95. The number of pyridine rings is 1. The molecule has 4 heteroatoms. The molecule has 1 aromatic heterocycles. The first-order valence-corrected chi connectivity index (χ1v) is 7.12. The van der Waals surface area contributed by atoms with Crippen molar-refractivity contribution < 1.29 is 4.79 Å². The summed E-state index contributed by atoms with van der Waals surface area (Å²) >= 11 is 0. The minimum Gasteiger partial charge on any atom is -0.373 e. The summed E-state index contributed by atoms with van der Waals surface area (Å²) in [6, 6.07) is 11.4. The average molecular weight is 285 g/mol. The number of carbonyl (C=O) groups is 1. The summed E-state index contributed by atoms with van der Waals surface area (Å²) in [7, 11) is 3.45. The van der Waals surface area contributed by atoms with Crippen LogP contribution in [0, 0.1) is 0 Å². The highest BCUT2D eigenvalue weighted by Crippen LogP contribution is 2.22. The quantitative estimate of drug-likeness (QED) is 0.906. The summed E-state index contributed by atoms with van der Waals surface area (Å²) in [6.07, 6.45) is 2.99. The molecule has 2 rings (SSSR count). The molecule has 2 aromatic rings. The van der Waals surface area contributed by atoms with E-state index in [0.717, 1.165) is 16.9 Å². The molecule has 0 saturated heterocycles. The summed E-state index contributed by atoms with van der Waals surface area (Å²) in [5.41, 5.74) is 2.67. The van der Waals surface area contributed by atoms with Crippen LogP contribution in [0.2, 0.25) is 0 Å². The molecule has 1 aromatic carbocycles. The van der Waals surface area contributed by atoms with Gasteiger partial charge in [0.2, 0.25) is 0 Å². The Morgan fingerprint density at radius 2 is 1.76 bits per heavy atom. The molecule has 1 amide bonds. The minimum atomic E-state index is -0.0836. The van der Waals surface area contributed by atoms with E-state index in [1.807, 2.05) is 37.4 Å². The van der Waals surface area contributed by atoms with Gasteiger partial charge in [-0.3, -0.25) is 4.79 Å². The molecular formula is C17H23N3O. The summed E-state index contributed by atoms with van der Waals surface area (Å²) < 4.78 is 0. The van der Waals surface area contributed by atoms with E-state index in [1.165, 1.54) is 6.42 Å². The van der Waals surface area contributed by atoms with Crippen molar-refractivity contribution in [1.29, 1.82) is 0 Å². The van der Waals surface area contributed by atoms with E-state index in [9.17, 15) is 4.79 Å². The zero-order chi connectivity index (χ0) is 15.7. The van der Waals surface area contributed by atoms with Gasteiger partial charge in [-0.25, -0.2) is 4.98 Å². The molecule has 0 aliphatic heterocycles. The molecule has 0 atom stereocenters. The number of hydrogen-bond donors (Lipinski definition) is 2. The molecule has 0 fully saturated rings. The molecule has 112 valence electrons. The van der Waals surface area contributed by atoms with Gasteiger partial charge in [-0.1, -0.05) is 32.4 Å². The van der Waals surface area contributed by atoms with Crippen LogP contribution >= 0.6 is 0 Å². The summed E-state index contributed by atoms with van der Waals surface area (Å²) in [5, 5.41) is 5.61. The molecule has 0 aliphatic carbocycles. The van der Waals surface area contributed by atoms with Crippen LogP contribution in [-0.2, 0) is 0 Å². The maximum Gasteiger partial charge on any atom is 0.251 e. The fourth-order valence-electron chi connectivity index (χ4n) is 1.73. The molecular weight excluding hydrogens is 262 g/mol. The van der Waals surface area contributed by atoms with Gasteiger partial charge in [0.05, 0.1) is 0 Å². The third-order valence-electron chi connectivity index (χ3n) is 2.70. The van der Waals surface area contributed by atoms with Gasteiger partial charge in [0.1, 0.15) is 5.82 Å². The lowest BCUT2D eigenvalue weighted by Crippen LogP contribution is -2.17. The Kier molecular flexibility index (Phi) is 6.95. The van der Waals surface area contributed by atoms with E-state index < -0.39 is 0 Å². The van der Waals surface area contributed by atoms with Crippen molar-refractivity contribution in [2.75, 3.05) is 19.4 Å². The molecule has 2 N–H and O–H groups in total. The van der Waals surface area contributed by atoms with Crippen LogP contribution in [0.25, 0.3) is 11.1 Å². The number of amides is 1. The third-order valence-corrected chi connectivity index (χ3v) is 2.70. The molecule has 0 aliphatic rings. The number of benzene rings is 1. The number of hydrogen-bond acceptors (Lipinski definition) is 3. The van der Waals surface area contributed by atoms with Crippen molar-refractivity contribution in [1.82, 2.24) is 10.3 Å². The Labute approximate surface area is 126 Å². The summed E-state index contributed by atoms with van der Waals surface area (Å²) in [4.78, 5) is 15.8. The second kappa shape index (κ2) is 8.74. The van der Waals surface area contributed by atoms with Crippen LogP contribution in [0.5, 0.6) is 0 Å². The Balaban J connectivity index is 0.000000677. The summed E-state index contributed by atoms with van der Waals surface area (Å²) in [6.45, 7) is 4.25. The first-order valence-electron chi connectivity index (χ1n) is 7.12. The molecule has 0 bridgehead atoms. The average Bonchev–Trinajstić information content (AvgIpc) is 2.55. The van der Waals surface area contributed by atoms with Gasteiger partial charge in [0.25, 0.3) is 5.91 Å². The number of nitrogens with zero attached hydrogens (tertiary/aromatic N) is 1. The molecule has 21 heavy (non-hydrogen) atoms. The molecule has 0 saturated carbocycles. The van der Waals surface area contributed by atoms with E-state index in [1.54, 1.807) is 19.3 Å². The van der Waals surface area contributed by atoms with Gasteiger partial charge in [-0.2, -0.15) is 0 Å². The second-order valence-corrected chi connectivity index (χ2v) is 4.55. The largest absolute Gasteiger partial charge is 0.373 e. The summed E-state index contributed by atoms with van der Waals surface area (Å²) in [5.74, 6) is 0.720. The standard InChI is InChI=1S/C14H15N3O.C3H8/c1-15-13-9-11(6-7-17-13)10-4-3-5-12(8-10)14(18)16-2;1-3-2/h3-9H,1-2H3,(H,15,17)(H,16,18);3H2,1-2H3. The van der Waals surface area contributed by atoms with Crippen molar-refractivity contribution >= 4 is 11.7 Å². The SMILES string of the molecule is CCC.CNC(=O)c1cccc(-c2ccnc(NC)c2)c1. The normalized spacial score (nSPS) is 9.33. The maximum atomic E-state index is 11.6. The Morgan fingerprint density at radius 3 is 2.38 bits per heavy atom. The van der Waals surface area contributed by atoms with Crippen molar-refractivity contribution in [3.63, 3.8) is 0 Å². The molecule has 0 spiro atoms. The highest BCUT2D eigenvalue weighted by atomic mass is 16.1. The van der Waals surface area contributed by atoms with Gasteiger partial charge < -0.3 is 10.6 Å². The highest BCUT2D eigenvalue weighted by Gasteiger charge is 2.05. The third kappa shape index (κ3) is 4.91. The zero-order valence-corrected chi connectivity index (χ0v) is 13.1. The second-order valence-electron chi connectivity index (χ2n) is 4.55. The predicted molar refractivity (Wildman–Crippen MR) is 88.6 cm³/mol. The monoisotopic (exact) mass is 285 g/mol. The number of aromatic nitrogens is 1. The number of anilines is 1. The fourth-order valence-corrected chi connectivity index (χ4v) is 1.73. The smallest absolute Gasteiger partial charge is 0.251 e. The number of rotatable bonds is 3. The maximum absolute atomic E-state index is 11.6. The number of nitrogens with one attached hydrogen (secondary N) is 2. The zero-order valence-electron chi connectivity index (χ0n) is 13.1. The molecule has 0 unspecified atom stereocenters. The van der Waals surface area contributed by atoms with Crippen molar-refractivity contribution in [3.8, 4) is 11.1 Å². The van der Waals surface area contributed by atoms with E-state index >= 15 is 0 Å². The topological polar surface area (TPSA) is 54.0 Å². The van der Waals surface area contributed by atoms with E-state index in [2.05, 4.69) is 29.5 Å². The van der Waals surface area contributed by atoms with E-state index in [-0.39, 0.29) is 5.91 Å². The number of carbonyl (C=O) groups excluding carboxylic acids is 1. The van der Waals surface area contributed by atoms with E-state index in [4.69, 9.17) is 0 Å². The van der Waals surface area contributed by atoms with E-state index in [0.29, 0.717) is 5.56 Å². The van der Waals surface area contributed by atoms with Gasteiger partial charge >= 0.3 is 0 Å².